The number of hydrogen-bond donors (Lipinski definition) is 2. The summed E-state index contributed by atoms with van der Waals surface area (Å²) in [6, 6.07) is 6.22. The van der Waals surface area contributed by atoms with Gasteiger partial charge in [-0.3, -0.25) is 14.3 Å². The van der Waals surface area contributed by atoms with Gasteiger partial charge < -0.3 is 25.2 Å². The molecule has 0 bridgehead atoms. The highest BCUT2D eigenvalue weighted by atomic mass is 16.5. The van der Waals surface area contributed by atoms with E-state index in [9.17, 15) is 9.59 Å². The van der Waals surface area contributed by atoms with E-state index in [-0.39, 0.29) is 17.8 Å². The van der Waals surface area contributed by atoms with Crippen LogP contribution in [0.15, 0.2) is 29.5 Å². The van der Waals surface area contributed by atoms with E-state index in [2.05, 4.69) is 67.6 Å². The predicted molar refractivity (Wildman–Crippen MR) is 239 cm³/mol. The van der Waals surface area contributed by atoms with Crippen LogP contribution in [0.1, 0.15) is 161 Å². The largest absolute Gasteiger partial charge is 0.496 e. The standard InChI is InChI=1S/C45H73N11O3/c1-4-6-8-9-10-11-12-13-14-15-16-17-18-19-20-24-41(57)47-29-22-21-25-42(58)55-31-23-30-54(32-33-55)38-27-26-37(40(34-38)59-3)35-56-36-39-43(52-56)44(48-28-7-5-2)50-45(49-39)51-53-46/h26-27,34,36H,4-25,28-33,35H2,1-3H3,(H,47,57)(H,48,49,50). The van der Waals surface area contributed by atoms with E-state index in [1.54, 1.807) is 11.8 Å². The van der Waals surface area contributed by atoms with Crippen LogP contribution < -0.4 is 20.3 Å². The molecule has 1 aliphatic rings. The first kappa shape index (κ1) is 47.1. The first-order valence-electron chi connectivity index (χ1n) is 23.0. The molecule has 0 aliphatic carbocycles. The zero-order valence-corrected chi connectivity index (χ0v) is 36.6. The highest BCUT2D eigenvalue weighted by molar-refractivity contribution is 5.85. The Morgan fingerprint density at radius 2 is 1.47 bits per heavy atom. The van der Waals surface area contributed by atoms with Crippen LogP contribution in [-0.4, -0.2) is 82.8 Å². The van der Waals surface area contributed by atoms with Gasteiger partial charge in [0.05, 0.1) is 19.9 Å². The summed E-state index contributed by atoms with van der Waals surface area (Å²) in [7, 11) is 1.67. The molecule has 0 unspecified atom stereocenters. The maximum Gasteiger partial charge on any atom is 0.222 e. The number of benzene rings is 1. The van der Waals surface area contributed by atoms with Gasteiger partial charge in [0.2, 0.25) is 17.8 Å². The summed E-state index contributed by atoms with van der Waals surface area (Å²) in [5.74, 6) is 1.68. The second kappa shape index (κ2) is 28.0. The van der Waals surface area contributed by atoms with Gasteiger partial charge in [-0.2, -0.15) is 5.10 Å². The summed E-state index contributed by atoms with van der Waals surface area (Å²) in [5, 5.41) is 14.7. The Kier molecular flexibility index (Phi) is 22.3. The van der Waals surface area contributed by atoms with Crippen LogP contribution in [0.2, 0.25) is 0 Å². The van der Waals surface area contributed by atoms with Crippen molar-refractivity contribution in [3.8, 4) is 5.75 Å². The third kappa shape index (κ3) is 17.3. The monoisotopic (exact) mass is 816 g/mol. The fourth-order valence-electron chi connectivity index (χ4n) is 7.81. The maximum absolute atomic E-state index is 13.1. The average molecular weight is 816 g/mol. The second-order valence-corrected chi connectivity index (χ2v) is 16.1. The Bertz CT molecular complexity index is 1720. The lowest BCUT2D eigenvalue weighted by Crippen LogP contribution is -2.35. The van der Waals surface area contributed by atoms with Gasteiger partial charge in [-0.25, -0.2) is 9.97 Å². The number of nitrogens with one attached hydrogen (secondary N) is 2. The Morgan fingerprint density at radius 1 is 0.797 bits per heavy atom. The number of carbonyl (C=O) groups excluding carboxylic acids is 2. The Labute approximate surface area is 353 Å². The highest BCUT2D eigenvalue weighted by Gasteiger charge is 2.20. The molecule has 1 fully saturated rings. The second-order valence-electron chi connectivity index (χ2n) is 16.1. The molecule has 0 spiro atoms. The minimum absolute atomic E-state index is 0.0548. The number of fused-ring (bicyclic) bond motifs is 1. The number of carbonyl (C=O) groups is 2. The zero-order chi connectivity index (χ0) is 41.9. The van der Waals surface area contributed by atoms with Crippen LogP contribution in [0, 0.1) is 0 Å². The lowest BCUT2D eigenvalue weighted by atomic mass is 10.0. The molecule has 1 saturated heterocycles. The minimum Gasteiger partial charge on any atom is -0.496 e. The number of amides is 2. The van der Waals surface area contributed by atoms with E-state index in [1.807, 2.05) is 11.1 Å². The van der Waals surface area contributed by atoms with Gasteiger partial charge in [0, 0.05) is 74.3 Å². The van der Waals surface area contributed by atoms with Gasteiger partial charge in [-0.1, -0.05) is 116 Å². The van der Waals surface area contributed by atoms with Crippen molar-refractivity contribution in [3.63, 3.8) is 0 Å². The summed E-state index contributed by atoms with van der Waals surface area (Å²) in [5.41, 5.74) is 12.2. The number of aromatic nitrogens is 4. The third-order valence-corrected chi connectivity index (χ3v) is 11.3. The molecule has 2 aromatic heterocycles. The molecule has 0 atom stereocenters. The van der Waals surface area contributed by atoms with Crippen LogP contribution in [0.25, 0.3) is 21.5 Å². The van der Waals surface area contributed by atoms with Crippen LogP contribution in [0.4, 0.5) is 17.5 Å². The normalized spacial score (nSPS) is 13.0. The van der Waals surface area contributed by atoms with Gasteiger partial charge in [0.1, 0.15) is 11.3 Å². The van der Waals surface area contributed by atoms with E-state index in [0.717, 1.165) is 88.1 Å². The first-order chi connectivity index (χ1) is 28.9. The maximum atomic E-state index is 13.1. The topological polar surface area (TPSA) is 166 Å². The number of azide groups is 1. The molecule has 326 valence electrons. The molecule has 2 amide bonds. The zero-order valence-electron chi connectivity index (χ0n) is 36.6. The van der Waals surface area contributed by atoms with E-state index < -0.39 is 0 Å². The van der Waals surface area contributed by atoms with Crippen molar-refractivity contribution in [1.29, 1.82) is 0 Å². The average Bonchev–Trinajstić information content (AvgIpc) is 3.48. The molecule has 3 aromatic rings. The van der Waals surface area contributed by atoms with Gasteiger partial charge in [-0.15, -0.1) is 0 Å². The lowest BCUT2D eigenvalue weighted by Gasteiger charge is -2.25. The van der Waals surface area contributed by atoms with Crippen molar-refractivity contribution in [2.45, 2.75) is 162 Å². The van der Waals surface area contributed by atoms with Crippen LogP contribution >= 0.6 is 0 Å². The number of rotatable bonds is 30. The van der Waals surface area contributed by atoms with Crippen molar-refractivity contribution in [2.75, 3.05) is 56.6 Å². The van der Waals surface area contributed by atoms with Gasteiger partial charge in [0.15, 0.2) is 11.3 Å². The highest BCUT2D eigenvalue weighted by Crippen LogP contribution is 2.29. The van der Waals surface area contributed by atoms with E-state index in [4.69, 9.17) is 15.4 Å². The molecule has 0 radical (unpaired) electrons. The molecule has 1 aliphatic heterocycles. The summed E-state index contributed by atoms with van der Waals surface area (Å²) in [4.78, 5) is 41.4. The molecule has 1 aromatic carbocycles. The number of hydrogen-bond acceptors (Lipinski definition) is 9. The fraction of sp³-hybridized carbons (Fsp3) is 0.711. The lowest BCUT2D eigenvalue weighted by molar-refractivity contribution is -0.131. The van der Waals surface area contributed by atoms with Gasteiger partial charge >= 0.3 is 0 Å². The number of methoxy groups -OCH3 is 1. The number of ether oxygens (including phenoxy) is 1. The van der Waals surface area contributed by atoms with Crippen LogP contribution in [0.5, 0.6) is 5.75 Å². The Hall–Kier alpha value is -4.58. The summed E-state index contributed by atoms with van der Waals surface area (Å²) in [6.45, 7) is 9.22. The Balaban J connectivity index is 1.10. The molecule has 3 heterocycles. The molecule has 0 saturated carbocycles. The quantitative estimate of drug-likeness (QED) is 0.0290. The number of anilines is 2. The molecule has 4 rings (SSSR count). The molecular weight excluding hydrogens is 743 g/mol. The van der Waals surface area contributed by atoms with Crippen molar-refractivity contribution in [3.05, 3.63) is 40.4 Å². The SMILES string of the molecule is CCCCCCCCCCCCCCCCCC(=O)NCCCCC(=O)N1CCCN(c2ccc(Cn3cc4nc(N=[N+]=[N-])nc(NCCCC)c4n3)c(OC)c2)CC1. The Morgan fingerprint density at radius 3 is 2.15 bits per heavy atom. The molecule has 59 heavy (non-hydrogen) atoms. The third-order valence-electron chi connectivity index (χ3n) is 11.3. The molecule has 14 nitrogen and oxygen atoms in total. The summed E-state index contributed by atoms with van der Waals surface area (Å²) >= 11 is 0. The van der Waals surface area contributed by atoms with E-state index in [1.165, 1.54) is 83.5 Å². The molecule has 2 N–H and O–H groups in total. The van der Waals surface area contributed by atoms with Crippen LogP contribution in [-0.2, 0) is 16.1 Å². The predicted octanol–water partition coefficient (Wildman–Crippen LogP) is 10.6. The fourth-order valence-corrected chi connectivity index (χ4v) is 7.81. The van der Waals surface area contributed by atoms with Gasteiger partial charge in [-0.05, 0) is 48.8 Å². The number of unbranched alkanes of at least 4 members (excludes halogenated alkanes) is 16. The molecular formula is C45H73N11O3. The van der Waals surface area contributed by atoms with Gasteiger partial charge in [0.25, 0.3) is 0 Å². The van der Waals surface area contributed by atoms with Crippen LogP contribution in [0.3, 0.4) is 0 Å². The van der Waals surface area contributed by atoms with Crippen molar-refractivity contribution >= 4 is 40.3 Å². The minimum atomic E-state index is 0.0548. The number of nitrogens with zero attached hydrogens (tertiary/aromatic N) is 9. The first-order valence-corrected chi connectivity index (χ1v) is 23.0. The molecule has 14 heteroatoms. The van der Waals surface area contributed by atoms with Crippen molar-refractivity contribution < 1.29 is 14.3 Å². The van der Waals surface area contributed by atoms with Crippen molar-refractivity contribution in [1.82, 2.24) is 30.0 Å². The van der Waals surface area contributed by atoms with E-state index in [0.29, 0.717) is 49.3 Å². The van der Waals surface area contributed by atoms with E-state index >= 15 is 0 Å². The smallest absolute Gasteiger partial charge is 0.222 e. The summed E-state index contributed by atoms with van der Waals surface area (Å²) < 4.78 is 7.64. The summed E-state index contributed by atoms with van der Waals surface area (Å²) in [6.07, 6.45) is 27.3. The van der Waals surface area contributed by atoms with Crippen molar-refractivity contribution in [2.24, 2.45) is 5.11 Å².